The molecule has 244 valence electrons. The Labute approximate surface area is 291 Å². The number of fused-ring (bicyclic) bond motifs is 1. The first-order chi connectivity index (χ1) is 22.4. The lowest BCUT2D eigenvalue weighted by Crippen LogP contribution is -2.40. The SMILES string of the molecule is CCOC(=O)C1=C(C)N=c2s/c(=C/c3cc(Br)c(OCc4ccc(Cl)cc4Cl)c(OCC)c3)c(=O)n2[C@@H]1c1ccc(C)c([N+](=O)[O-])c1. The first-order valence-corrected chi connectivity index (χ1v) is 16.8. The zero-order valence-electron chi connectivity index (χ0n) is 25.6. The van der Waals surface area contributed by atoms with E-state index < -0.39 is 22.5 Å². The number of carbonyl (C=O) groups is 1. The van der Waals surface area contributed by atoms with Crippen molar-refractivity contribution >= 4 is 68.2 Å². The maximum Gasteiger partial charge on any atom is 0.338 e. The Morgan fingerprint density at radius 2 is 1.87 bits per heavy atom. The molecule has 4 aromatic rings. The van der Waals surface area contributed by atoms with Crippen molar-refractivity contribution in [2.45, 2.75) is 40.3 Å². The molecule has 0 radical (unpaired) electrons. The molecule has 47 heavy (non-hydrogen) atoms. The van der Waals surface area contributed by atoms with Gasteiger partial charge in [0.05, 0.1) is 44.5 Å². The third-order valence-electron chi connectivity index (χ3n) is 7.28. The summed E-state index contributed by atoms with van der Waals surface area (Å²) < 4.78 is 19.6. The Morgan fingerprint density at radius 1 is 1.11 bits per heavy atom. The molecule has 1 aliphatic heterocycles. The zero-order valence-corrected chi connectivity index (χ0v) is 29.6. The molecule has 0 spiro atoms. The maximum absolute atomic E-state index is 14.1. The van der Waals surface area contributed by atoms with E-state index in [2.05, 4.69) is 20.9 Å². The molecule has 0 saturated heterocycles. The summed E-state index contributed by atoms with van der Waals surface area (Å²) >= 11 is 17.1. The highest BCUT2D eigenvalue weighted by atomic mass is 79.9. The fourth-order valence-electron chi connectivity index (χ4n) is 5.11. The molecule has 2 heterocycles. The highest BCUT2D eigenvalue weighted by Crippen LogP contribution is 2.38. The first kappa shape index (κ1) is 34.4. The van der Waals surface area contributed by atoms with Crippen LogP contribution in [0.1, 0.15) is 49.1 Å². The molecule has 5 rings (SSSR count). The van der Waals surface area contributed by atoms with Crippen molar-refractivity contribution in [3.8, 4) is 11.5 Å². The Kier molecular flexibility index (Phi) is 10.5. The van der Waals surface area contributed by atoms with Crippen molar-refractivity contribution in [2.24, 2.45) is 4.99 Å². The summed E-state index contributed by atoms with van der Waals surface area (Å²) in [4.78, 5) is 43.5. The second-order valence-corrected chi connectivity index (χ2v) is 13.1. The molecule has 0 N–H and O–H groups in total. The molecule has 0 amide bonds. The standard InChI is InChI=1S/C33H28BrCl2N3O7S/c1-5-44-26-12-19(11-23(34)30(26)46-16-21-9-10-22(35)15-24(21)36)13-27-31(40)38-29(20-8-7-17(3)25(14-20)39(42)43)28(32(41)45-6-2)18(4)37-33(38)47-27/h7-15,29H,5-6,16H2,1-4H3/b27-13+/t29-/m1/s1. The van der Waals surface area contributed by atoms with Gasteiger partial charge in [0, 0.05) is 27.2 Å². The summed E-state index contributed by atoms with van der Waals surface area (Å²) in [6.45, 7) is 7.41. The van der Waals surface area contributed by atoms with E-state index in [1.807, 2.05) is 6.92 Å². The number of ether oxygens (including phenoxy) is 3. The number of halogens is 3. The van der Waals surface area contributed by atoms with Crippen molar-refractivity contribution < 1.29 is 23.9 Å². The highest BCUT2D eigenvalue weighted by molar-refractivity contribution is 9.10. The minimum Gasteiger partial charge on any atom is -0.490 e. The Morgan fingerprint density at radius 3 is 2.55 bits per heavy atom. The van der Waals surface area contributed by atoms with Gasteiger partial charge in [0.25, 0.3) is 11.2 Å². The monoisotopic (exact) mass is 759 g/mol. The van der Waals surface area contributed by atoms with Gasteiger partial charge < -0.3 is 14.2 Å². The van der Waals surface area contributed by atoms with Crippen LogP contribution in [0, 0.1) is 17.0 Å². The van der Waals surface area contributed by atoms with Crippen molar-refractivity contribution in [1.29, 1.82) is 0 Å². The van der Waals surface area contributed by atoms with Gasteiger partial charge in [-0.2, -0.15) is 0 Å². The lowest BCUT2D eigenvalue weighted by molar-refractivity contribution is -0.385. The van der Waals surface area contributed by atoms with Crippen LogP contribution < -0.4 is 24.4 Å². The topological polar surface area (TPSA) is 122 Å². The molecule has 0 unspecified atom stereocenters. The van der Waals surface area contributed by atoms with Gasteiger partial charge in [-0.05, 0) is 85.1 Å². The van der Waals surface area contributed by atoms with Gasteiger partial charge in [-0.15, -0.1) is 0 Å². The second kappa shape index (κ2) is 14.4. The second-order valence-electron chi connectivity index (χ2n) is 10.4. The molecule has 0 aliphatic carbocycles. The third-order valence-corrected chi connectivity index (χ3v) is 9.44. The number of nitro benzene ring substituents is 1. The molecular formula is C33H28BrCl2N3O7S. The predicted molar refractivity (Wildman–Crippen MR) is 184 cm³/mol. The quantitative estimate of drug-likeness (QED) is 0.0964. The van der Waals surface area contributed by atoms with E-state index in [1.165, 1.54) is 10.6 Å². The van der Waals surface area contributed by atoms with Gasteiger partial charge in [-0.1, -0.05) is 52.7 Å². The number of aryl methyl sites for hydroxylation is 1. The highest BCUT2D eigenvalue weighted by Gasteiger charge is 2.34. The molecule has 0 saturated carbocycles. The van der Waals surface area contributed by atoms with E-state index in [-0.39, 0.29) is 24.5 Å². The van der Waals surface area contributed by atoms with E-state index in [9.17, 15) is 19.7 Å². The number of thiazole rings is 1. The fourth-order valence-corrected chi connectivity index (χ4v) is 7.20. The Bertz CT molecular complexity index is 2130. The number of aromatic nitrogens is 1. The first-order valence-electron chi connectivity index (χ1n) is 14.4. The number of allylic oxidation sites excluding steroid dienone is 1. The Balaban J connectivity index is 1.61. The lowest BCUT2D eigenvalue weighted by Gasteiger charge is -2.24. The van der Waals surface area contributed by atoms with Crippen LogP contribution in [0.25, 0.3) is 6.08 Å². The van der Waals surface area contributed by atoms with Crippen LogP contribution in [-0.2, 0) is 16.1 Å². The van der Waals surface area contributed by atoms with Crippen LogP contribution >= 0.6 is 50.5 Å². The van der Waals surface area contributed by atoms with Gasteiger partial charge in [0.15, 0.2) is 16.3 Å². The van der Waals surface area contributed by atoms with Crippen molar-refractivity contribution in [2.75, 3.05) is 13.2 Å². The summed E-state index contributed by atoms with van der Waals surface area (Å²) in [6, 6.07) is 12.3. The summed E-state index contributed by atoms with van der Waals surface area (Å²) in [5.74, 6) is 0.237. The minimum atomic E-state index is -0.993. The molecular weight excluding hydrogens is 733 g/mol. The molecule has 1 aliphatic rings. The van der Waals surface area contributed by atoms with Gasteiger partial charge in [0.2, 0.25) is 0 Å². The molecule has 1 atom stereocenters. The largest absolute Gasteiger partial charge is 0.490 e. The summed E-state index contributed by atoms with van der Waals surface area (Å²) in [7, 11) is 0. The van der Waals surface area contributed by atoms with Gasteiger partial charge in [-0.25, -0.2) is 9.79 Å². The molecule has 14 heteroatoms. The van der Waals surface area contributed by atoms with Crippen LogP contribution in [0.15, 0.2) is 74.1 Å². The average Bonchev–Trinajstić information content (AvgIpc) is 3.31. The number of nitrogens with zero attached hydrogens (tertiary/aromatic N) is 3. The zero-order chi connectivity index (χ0) is 34.0. The summed E-state index contributed by atoms with van der Waals surface area (Å²) in [5, 5.41) is 12.8. The molecule has 10 nitrogen and oxygen atoms in total. The molecule has 0 fully saturated rings. The van der Waals surface area contributed by atoms with E-state index in [0.717, 1.165) is 16.9 Å². The van der Waals surface area contributed by atoms with Gasteiger partial charge >= 0.3 is 5.97 Å². The molecule has 0 bridgehead atoms. The number of nitro groups is 1. The lowest BCUT2D eigenvalue weighted by atomic mass is 9.94. The third kappa shape index (κ3) is 7.15. The maximum atomic E-state index is 14.1. The van der Waals surface area contributed by atoms with Gasteiger partial charge in [-0.3, -0.25) is 19.5 Å². The van der Waals surface area contributed by atoms with Crippen molar-refractivity contribution in [3.05, 3.63) is 126 Å². The minimum absolute atomic E-state index is 0.101. The molecule has 3 aromatic carbocycles. The fraction of sp³-hybridized carbons (Fsp3) is 0.242. The number of hydrogen-bond acceptors (Lipinski definition) is 9. The summed E-state index contributed by atoms with van der Waals surface area (Å²) in [5.41, 5.74) is 2.13. The van der Waals surface area contributed by atoms with Crippen molar-refractivity contribution in [1.82, 2.24) is 4.57 Å². The van der Waals surface area contributed by atoms with E-state index in [4.69, 9.17) is 37.4 Å². The van der Waals surface area contributed by atoms with E-state index in [0.29, 0.717) is 64.3 Å². The van der Waals surface area contributed by atoms with Gasteiger partial charge in [0.1, 0.15) is 6.61 Å². The number of hydrogen-bond donors (Lipinski definition) is 0. The summed E-state index contributed by atoms with van der Waals surface area (Å²) in [6.07, 6.45) is 1.69. The number of esters is 1. The number of rotatable bonds is 10. The Hall–Kier alpha value is -3.97. The van der Waals surface area contributed by atoms with Crippen LogP contribution in [0.3, 0.4) is 0 Å². The van der Waals surface area contributed by atoms with E-state index in [1.54, 1.807) is 69.3 Å². The number of benzene rings is 3. The van der Waals surface area contributed by atoms with Crippen LogP contribution in [0.2, 0.25) is 10.0 Å². The average molecular weight is 761 g/mol. The van der Waals surface area contributed by atoms with Crippen LogP contribution in [0.4, 0.5) is 5.69 Å². The van der Waals surface area contributed by atoms with Crippen LogP contribution in [-0.4, -0.2) is 28.7 Å². The van der Waals surface area contributed by atoms with E-state index >= 15 is 0 Å². The van der Waals surface area contributed by atoms with Crippen LogP contribution in [0.5, 0.6) is 11.5 Å². The normalized spacial score (nSPS) is 14.4. The van der Waals surface area contributed by atoms with Crippen molar-refractivity contribution in [3.63, 3.8) is 0 Å². The smallest absolute Gasteiger partial charge is 0.338 e. The number of carbonyl (C=O) groups excluding carboxylic acids is 1. The molecule has 1 aromatic heterocycles. The predicted octanol–water partition coefficient (Wildman–Crippen LogP) is 7.06.